The van der Waals surface area contributed by atoms with E-state index in [9.17, 15) is 8.78 Å². The molecule has 0 fully saturated rings. The Morgan fingerprint density at radius 3 is 2.50 bits per heavy atom. The predicted octanol–water partition coefficient (Wildman–Crippen LogP) is 4.59. The maximum absolute atomic E-state index is 14.2. The fraction of sp³-hybridized carbons (Fsp3) is 0. The van der Waals surface area contributed by atoms with Gasteiger partial charge in [0.1, 0.15) is 29.5 Å². The van der Waals surface area contributed by atoms with Gasteiger partial charge >= 0.3 is 0 Å². The maximum Gasteiger partial charge on any atom is 0.157 e. The van der Waals surface area contributed by atoms with Gasteiger partial charge in [0, 0.05) is 34.1 Å². The van der Waals surface area contributed by atoms with Crippen LogP contribution in [-0.4, -0.2) is 25.1 Å². The summed E-state index contributed by atoms with van der Waals surface area (Å²) in [6, 6.07) is 11.1. The van der Waals surface area contributed by atoms with Crippen LogP contribution in [0.5, 0.6) is 0 Å². The third-order valence-corrected chi connectivity index (χ3v) is 4.50. The number of fused-ring (bicyclic) bond motifs is 3. The van der Waals surface area contributed by atoms with Crippen LogP contribution < -0.4 is 5.32 Å². The van der Waals surface area contributed by atoms with Crippen molar-refractivity contribution in [2.75, 3.05) is 5.32 Å². The molecule has 0 aliphatic carbocycles. The molecular weight excluding hydrogens is 362 g/mol. The summed E-state index contributed by atoms with van der Waals surface area (Å²) in [5.41, 5.74) is 1.07. The highest BCUT2D eigenvalue weighted by Crippen LogP contribution is 2.35. The second-order valence-corrected chi connectivity index (χ2v) is 6.14. The van der Waals surface area contributed by atoms with Crippen LogP contribution in [0.3, 0.4) is 0 Å². The lowest BCUT2D eigenvalue weighted by atomic mass is 10.0. The minimum Gasteiger partial charge on any atom is -0.335 e. The molecule has 0 unspecified atom stereocenters. The van der Waals surface area contributed by atoms with E-state index in [2.05, 4.69) is 30.5 Å². The summed E-state index contributed by atoms with van der Waals surface area (Å²) >= 11 is 0. The average molecular weight is 374 g/mol. The van der Waals surface area contributed by atoms with E-state index in [4.69, 9.17) is 0 Å². The van der Waals surface area contributed by atoms with Gasteiger partial charge in [-0.15, -0.1) is 0 Å². The van der Waals surface area contributed by atoms with E-state index in [0.29, 0.717) is 22.5 Å². The molecule has 8 heteroatoms. The van der Waals surface area contributed by atoms with Gasteiger partial charge in [0.15, 0.2) is 5.82 Å². The van der Waals surface area contributed by atoms with Crippen LogP contribution in [0, 0.1) is 11.6 Å². The minimum atomic E-state index is -0.701. The molecule has 2 N–H and O–H groups in total. The highest BCUT2D eigenvalue weighted by Gasteiger charge is 2.16. The van der Waals surface area contributed by atoms with Crippen LogP contribution in [0.25, 0.3) is 33.1 Å². The molecule has 0 aliphatic heterocycles. The third-order valence-electron chi connectivity index (χ3n) is 4.50. The Hall–Kier alpha value is -3.94. The molecule has 5 rings (SSSR count). The van der Waals surface area contributed by atoms with Crippen molar-refractivity contribution in [3.63, 3.8) is 0 Å². The number of anilines is 2. The standard InChI is InChI=1S/C20H12F2N6/c21-15-5-2-6-16(22)18(15)27-20-12-7-8-23-9-14(12)11-3-1-4-13(17(11)26-20)19-24-10-25-28-19/h1-10H,(H,26,27)(H,24,25,28). The van der Waals surface area contributed by atoms with Crippen molar-refractivity contribution in [3.8, 4) is 11.4 Å². The van der Waals surface area contributed by atoms with Crippen LogP contribution >= 0.6 is 0 Å². The Morgan fingerprint density at radius 2 is 1.71 bits per heavy atom. The fourth-order valence-corrected chi connectivity index (χ4v) is 3.23. The number of hydrogen-bond donors (Lipinski definition) is 2. The highest BCUT2D eigenvalue weighted by atomic mass is 19.1. The van der Waals surface area contributed by atoms with Crippen molar-refractivity contribution in [2.45, 2.75) is 0 Å². The molecule has 6 nitrogen and oxygen atoms in total. The van der Waals surface area contributed by atoms with Crippen molar-refractivity contribution >= 4 is 33.2 Å². The Bertz CT molecular complexity index is 1300. The smallest absolute Gasteiger partial charge is 0.157 e. The summed E-state index contributed by atoms with van der Waals surface area (Å²) in [7, 11) is 0. The van der Waals surface area contributed by atoms with Crippen molar-refractivity contribution in [1.29, 1.82) is 0 Å². The maximum atomic E-state index is 14.2. The molecule has 0 spiro atoms. The van der Waals surface area contributed by atoms with Gasteiger partial charge in [-0.1, -0.05) is 18.2 Å². The molecule has 0 amide bonds. The van der Waals surface area contributed by atoms with Gasteiger partial charge in [0.2, 0.25) is 0 Å². The minimum absolute atomic E-state index is 0.260. The molecule has 3 aromatic heterocycles. The number of para-hydroxylation sites is 2. The van der Waals surface area contributed by atoms with Gasteiger partial charge < -0.3 is 5.32 Å². The van der Waals surface area contributed by atoms with Crippen molar-refractivity contribution in [2.24, 2.45) is 0 Å². The number of aromatic nitrogens is 5. The molecule has 28 heavy (non-hydrogen) atoms. The van der Waals surface area contributed by atoms with Gasteiger partial charge in [-0.2, -0.15) is 5.10 Å². The monoisotopic (exact) mass is 374 g/mol. The lowest BCUT2D eigenvalue weighted by Gasteiger charge is -2.14. The summed E-state index contributed by atoms with van der Waals surface area (Å²) in [6.07, 6.45) is 4.72. The number of rotatable bonds is 3. The summed E-state index contributed by atoms with van der Waals surface area (Å²) in [5, 5.41) is 11.9. The first kappa shape index (κ1) is 16.2. The zero-order valence-corrected chi connectivity index (χ0v) is 14.3. The lowest BCUT2D eigenvalue weighted by Crippen LogP contribution is -2.01. The van der Waals surface area contributed by atoms with Crippen molar-refractivity contribution in [1.82, 2.24) is 25.1 Å². The van der Waals surface area contributed by atoms with E-state index in [1.54, 1.807) is 18.5 Å². The van der Waals surface area contributed by atoms with Gasteiger partial charge in [-0.3, -0.25) is 10.1 Å². The van der Waals surface area contributed by atoms with Crippen molar-refractivity contribution in [3.05, 3.63) is 72.8 Å². The Balaban J connectivity index is 1.82. The van der Waals surface area contributed by atoms with E-state index in [0.717, 1.165) is 16.3 Å². The molecule has 0 saturated carbocycles. The van der Waals surface area contributed by atoms with Crippen LogP contribution in [-0.2, 0) is 0 Å². The summed E-state index contributed by atoms with van der Waals surface area (Å²) in [4.78, 5) is 13.1. The van der Waals surface area contributed by atoms with E-state index in [1.165, 1.54) is 24.5 Å². The molecule has 5 aromatic rings. The lowest BCUT2D eigenvalue weighted by molar-refractivity contribution is 0.590. The molecule has 136 valence electrons. The molecule has 0 aliphatic rings. The molecule has 0 atom stereocenters. The van der Waals surface area contributed by atoms with E-state index >= 15 is 0 Å². The first-order valence-corrected chi connectivity index (χ1v) is 8.45. The number of pyridine rings is 2. The number of aromatic amines is 1. The molecule has 3 heterocycles. The quantitative estimate of drug-likeness (QED) is 0.452. The fourth-order valence-electron chi connectivity index (χ4n) is 3.23. The van der Waals surface area contributed by atoms with Crippen LogP contribution in [0.2, 0.25) is 0 Å². The second-order valence-electron chi connectivity index (χ2n) is 6.14. The highest BCUT2D eigenvalue weighted by molar-refractivity contribution is 6.13. The third kappa shape index (κ3) is 2.54. The Labute approximate surface area is 157 Å². The molecular formula is C20H12F2N6. The van der Waals surface area contributed by atoms with Gasteiger partial charge in [-0.25, -0.2) is 18.7 Å². The zero-order valence-electron chi connectivity index (χ0n) is 14.3. The molecule has 0 saturated heterocycles. The van der Waals surface area contributed by atoms with Gasteiger partial charge in [0.05, 0.1) is 5.52 Å². The Kier molecular flexibility index (Phi) is 3.68. The van der Waals surface area contributed by atoms with Gasteiger partial charge in [-0.05, 0) is 24.3 Å². The van der Waals surface area contributed by atoms with E-state index in [1.807, 2.05) is 18.2 Å². The zero-order chi connectivity index (χ0) is 19.1. The number of H-pyrrole nitrogens is 1. The first-order valence-electron chi connectivity index (χ1n) is 8.45. The van der Waals surface area contributed by atoms with E-state index in [-0.39, 0.29) is 5.69 Å². The van der Waals surface area contributed by atoms with E-state index < -0.39 is 11.6 Å². The number of hydrogen-bond acceptors (Lipinski definition) is 5. The topological polar surface area (TPSA) is 79.4 Å². The summed E-state index contributed by atoms with van der Waals surface area (Å²) in [5.74, 6) is -0.537. The van der Waals surface area contributed by atoms with Crippen LogP contribution in [0.1, 0.15) is 0 Å². The Morgan fingerprint density at radius 1 is 0.893 bits per heavy atom. The van der Waals surface area contributed by atoms with Crippen LogP contribution in [0.4, 0.5) is 20.3 Å². The predicted molar refractivity (Wildman–Crippen MR) is 102 cm³/mol. The normalized spacial score (nSPS) is 11.2. The summed E-state index contributed by atoms with van der Waals surface area (Å²) < 4.78 is 28.4. The molecule has 0 bridgehead atoms. The van der Waals surface area contributed by atoms with Gasteiger partial charge in [0.25, 0.3) is 0 Å². The largest absolute Gasteiger partial charge is 0.335 e. The molecule has 2 aromatic carbocycles. The molecule has 0 radical (unpaired) electrons. The SMILES string of the molecule is Fc1cccc(F)c1Nc1nc2c(-c3ncn[nH]3)cccc2c2cnccc12. The first-order chi connectivity index (χ1) is 13.7. The second kappa shape index (κ2) is 6.34. The number of nitrogens with one attached hydrogen (secondary N) is 2. The van der Waals surface area contributed by atoms with Crippen LogP contribution in [0.15, 0.2) is 61.2 Å². The number of benzene rings is 2. The summed E-state index contributed by atoms with van der Waals surface area (Å²) in [6.45, 7) is 0. The average Bonchev–Trinajstić information content (AvgIpc) is 3.25. The van der Waals surface area contributed by atoms with Crippen molar-refractivity contribution < 1.29 is 8.78 Å². The number of halogens is 2. The number of nitrogens with zero attached hydrogens (tertiary/aromatic N) is 4.